The Labute approximate surface area is 250 Å². The third kappa shape index (κ3) is 5.97. The minimum Gasteiger partial charge on any atom is -0.493 e. The van der Waals surface area contributed by atoms with Crippen molar-refractivity contribution in [3.63, 3.8) is 0 Å². The van der Waals surface area contributed by atoms with Crippen LogP contribution in [-0.2, 0) is 17.7 Å². The molecule has 0 atom stereocenters. The van der Waals surface area contributed by atoms with Gasteiger partial charge in [-0.05, 0) is 65.4 Å². The van der Waals surface area contributed by atoms with Gasteiger partial charge in [-0.3, -0.25) is 9.59 Å². The van der Waals surface area contributed by atoms with E-state index < -0.39 is 35.1 Å². The molecule has 3 heterocycles. The van der Waals surface area contributed by atoms with E-state index in [0.29, 0.717) is 37.3 Å². The number of carbonyl (C=O) groups excluding carboxylic acids is 3. The van der Waals surface area contributed by atoms with E-state index in [1.54, 1.807) is 12.1 Å². The van der Waals surface area contributed by atoms with E-state index in [1.165, 1.54) is 30.6 Å². The minimum atomic E-state index is -0.992. The number of methoxy groups -OCH3 is 1. The number of rotatable bonds is 8. The second kappa shape index (κ2) is 12.7. The van der Waals surface area contributed by atoms with Crippen molar-refractivity contribution in [2.45, 2.75) is 26.3 Å². The Kier molecular flexibility index (Phi) is 8.78. The average molecular weight is 607 g/mol. The topological polar surface area (TPSA) is 133 Å². The van der Waals surface area contributed by atoms with Gasteiger partial charge in [0, 0.05) is 46.6 Å². The van der Waals surface area contributed by atoms with Crippen molar-refractivity contribution in [2.75, 3.05) is 25.6 Å². The summed E-state index contributed by atoms with van der Waals surface area (Å²) >= 11 is 1.47. The number of thiophene rings is 1. The Hall–Kier alpha value is -4.68. The average Bonchev–Trinajstić information content (AvgIpc) is 3.41. The highest BCUT2D eigenvalue weighted by molar-refractivity contribution is 7.13. The van der Waals surface area contributed by atoms with Crippen LogP contribution in [0.15, 0.2) is 47.8 Å². The van der Waals surface area contributed by atoms with E-state index in [2.05, 4.69) is 15.6 Å². The van der Waals surface area contributed by atoms with Crippen LogP contribution in [0.4, 0.5) is 14.5 Å². The number of benzene rings is 2. The number of pyridine rings is 1. The molecule has 0 saturated heterocycles. The molecule has 0 fully saturated rings. The highest BCUT2D eigenvalue weighted by Gasteiger charge is 2.28. The van der Waals surface area contributed by atoms with Gasteiger partial charge in [-0.2, -0.15) is 0 Å². The molecule has 4 N–H and O–H groups in total. The van der Waals surface area contributed by atoms with Gasteiger partial charge >= 0.3 is 5.97 Å². The summed E-state index contributed by atoms with van der Waals surface area (Å²) < 4.78 is 40.7. The molecule has 0 spiro atoms. The zero-order chi connectivity index (χ0) is 30.7. The molecule has 0 unspecified atom stereocenters. The number of esters is 1. The van der Waals surface area contributed by atoms with Gasteiger partial charge in [0.1, 0.15) is 28.8 Å². The Bertz CT molecular complexity index is 1720. The minimum absolute atomic E-state index is 0.0135. The number of fused-ring (bicyclic) bond motifs is 3. The normalized spacial score (nSPS) is 11.9. The lowest BCUT2D eigenvalue weighted by Crippen LogP contribution is -2.26. The van der Waals surface area contributed by atoms with E-state index >= 15 is 0 Å². The van der Waals surface area contributed by atoms with Gasteiger partial charge in [0.25, 0.3) is 11.8 Å². The van der Waals surface area contributed by atoms with Gasteiger partial charge < -0.3 is 25.8 Å². The third-order valence-electron chi connectivity index (χ3n) is 6.89. The van der Waals surface area contributed by atoms with Crippen molar-refractivity contribution in [3.05, 3.63) is 87.6 Å². The molecule has 1 aliphatic heterocycles. The summed E-state index contributed by atoms with van der Waals surface area (Å²) in [4.78, 5) is 44.6. The summed E-state index contributed by atoms with van der Waals surface area (Å²) in [7, 11) is 1.17. The predicted molar refractivity (Wildman–Crippen MR) is 158 cm³/mol. The van der Waals surface area contributed by atoms with E-state index in [4.69, 9.17) is 15.2 Å². The molecule has 2 aromatic carbocycles. The van der Waals surface area contributed by atoms with E-state index in [0.717, 1.165) is 22.6 Å². The fourth-order valence-corrected chi connectivity index (χ4v) is 5.73. The van der Waals surface area contributed by atoms with Crippen LogP contribution >= 0.6 is 11.3 Å². The second-order valence-electron chi connectivity index (χ2n) is 9.70. The molecular formula is C31H28F2N4O5S. The number of hydrogen-bond donors (Lipinski definition) is 3. The number of nitrogens with zero attached hydrogens (tertiary/aromatic N) is 1. The van der Waals surface area contributed by atoms with Gasteiger partial charge in [0.2, 0.25) is 0 Å². The maximum absolute atomic E-state index is 14.9. The number of halogens is 2. The molecule has 2 amide bonds. The zero-order valence-electron chi connectivity index (χ0n) is 23.4. The summed E-state index contributed by atoms with van der Waals surface area (Å²) in [5.74, 6) is -3.73. The molecule has 4 aromatic rings. The van der Waals surface area contributed by atoms with Gasteiger partial charge in [-0.1, -0.05) is 6.92 Å². The first-order valence-corrected chi connectivity index (χ1v) is 14.4. The Morgan fingerprint density at radius 2 is 1.81 bits per heavy atom. The molecule has 43 heavy (non-hydrogen) atoms. The van der Waals surface area contributed by atoms with Crippen molar-refractivity contribution in [1.29, 1.82) is 0 Å². The molecule has 0 bridgehead atoms. The molecule has 222 valence electrons. The molecule has 0 radical (unpaired) electrons. The van der Waals surface area contributed by atoms with Crippen LogP contribution in [0.1, 0.15) is 55.8 Å². The molecule has 1 aliphatic rings. The smallest absolute Gasteiger partial charge is 0.357 e. The van der Waals surface area contributed by atoms with Crippen molar-refractivity contribution in [3.8, 4) is 27.3 Å². The van der Waals surface area contributed by atoms with Crippen LogP contribution in [0.5, 0.6) is 5.75 Å². The van der Waals surface area contributed by atoms with E-state index in [9.17, 15) is 23.2 Å². The van der Waals surface area contributed by atoms with Crippen LogP contribution in [0, 0.1) is 11.6 Å². The zero-order valence-corrected chi connectivity index (χ0v) is 24.2. The second-order valence-corrected chi connectivity index (χ2v) is 10.6. The molecule has 0 saturated carbocycles. The number of amides is 2. The lowest BCUT2D eigenvalue weighted by Gasteiger charge is -2.18. The van der Waals surface area contributed by atoms with Crippen molar-refractivity contribution < 1.29 is 32.6 Å². The monoisotopic (exact) mass is 606 g/mol. The lowest BCUT2D eigenvalue weighted by molar-refractivity contribution is 0.0594. The number of hydrogen-bond acceptors (Lipinski definition) is 8. The van der Waals surface area contributed by atoms with Crippen LogP contribution in [0.25, 0.3) is 21.6 Å². The highest BCUT2D eigenvalue weighted by atomic mass is 32.1. The van der Waals surface area contributed by atoms with Gasteiger partial charge in [-0.15, -0.1) is 11.3 Å². The van der Waals surface area contributed by atoms with E-state index in [1.807, 2.05) is 18.4 Å². The summed E-state index contributed by atoms with van der Waals surface area (Å²) in [6.45, 7) is 2.58. The van der Waals surface area contributed by atoms with Crippen molar-refractivity contribution in [1.82, 2.24) is 10.3 Å². The first-order valence-electron chi connectivity index (χ1n) is 13.5. The van der Waals surface area contributed by atoms with E-state index in [-0.39, 0.29) is 40.2 Å². The van der Waals surface area contributed by atoms with Crippen LogP contribution in [0.3, 0.4) is 0 Å². The fraction of sp³-hybridized carbons (Fsp3) is 0.226. The third-order valence-corrected chi connectivity index (χ3v) is 7.88. The van der Waals surface area contributed by atoms with Gasteiger partial charge in [0.15, 0.2) is 5.69 Å². The number of carbonyl (C=O) groups is 3. The maximum Gasteiger partial charge on any atom is 0.357 e. The molecule has 12 heteroatoms. The maximum atomic E-state index is 14.9. The van der Waals surface area contributed by atoms with Crippen LogP contribution < -0.4 is 21.1 Å². The molecular weight excluding hydrogens is 578 g/mol. The van der Waals surface area contributed by atoms with Gasteiger partial charge in [-0.25, -0.2) is 18.6 Å². The largest absolute Gasteiger partial charge is 0.493 e. The number of aromatic nitrogens is 1. The number of anilines is 1. The van der Waals surface area contributed by atoms with Crippen molar-refractivity contribution in [2.24, 2.45) is 5.73 Å². The quantitative estimate of drug-likeness (QED) is 0.231. The van der Waals surface area contributed by atoms with Crippen LogP contribution in [-0.4, -0.2) is 43.0 Å². The SMILES string of the molecule is CCCNC(=O)c1ccc(-c2cc3c(cc2C(=O)Nc2c(F)cc(CN)cc2F)-c2sccc2CCO3)c(C(=O)OC)n1. The number of nitrogens with two attached hydrogens (primary N) is 1. The fourth-order valence-electron chi connectivity index (χ4n) is 4.76. The summed E-state index contributed by atoms with van der Waals surface area (Å²) in [5, 5.41) is 6.98. The van der Waals surface area contributed by atoms with Gasteiger partial charge in [0.05, 0.1) is 13.7 Å². The summed E-state index contributed by atoms with van der Waals surface area (Å²) in [6.07, 6.45) is 1.33. The Morgan fingerprint density at radius 1 is 1.05 bits per heavy atom. The summed E-state index contributed by atoms with van der Waals surface area (Å²) in [6, 6.07) is 10.1. The molecule has 9 nitrogen and oxygen atoms in total. The first-order chi connectivity index (χ1) is 20.7. The predicted octanol–water partition coefficient (Wildman–Crippen LogP) is 5.33. The number of nitrogens with one attached hydrogen (secondary N) is 2. The standard InChI is InChI=1S/C31H28F2N4O5S/c1-3-8-35-30(39)24-5-4-18(26(36-24)31(40)41-2)19-14-25-21(28-17(6-9-42-25)7-10-43-28)13-20(19)29(38)37-27-22(32)11-16(15-34)12-23(27)33/h4-5,7,10-14H,3,6,8-9,15,34H2,1-2H3,(H,35,39)(H,37,38). The Balaban J connectivity index is 1.69. The molecule has 5 rings (SSSR count). The first kappa shape index (κ1) is 29.8. The van der Waals surface area contributed by atoms with Crippen molar-refractivity contribution >= 4 is 34.8 Å². The highest BCUT2D eigenvalue weighted by Crippen LogP contribution is 2.43. The van der Waals surface area contributed by atoms with Crippen LogP contribution in [0.2, 0.25) is 0 Å². The summed E-state index contributed by atoms with van der Waals surface area (Å²) in [5.41, 5.74) is 6.81. The molecule has 2 aromatic heterocycles. The Morgan fingerprint density at radius 3 is 2.51 bits per heavy atom. The molecule has 0 aliphatic carbocycles. The lowest BCUT2D eigenvalue weighted by atomic mass is 9.93. The number of ether oxygens (including phenoxy) is 2.